The Morgan fingerprint density at radius 2 is 2.26 bits per heavy atom. The molecule has 0 aliphatic carbocycles. The molecule has 0 fully saturated rings. The molecule has 2 aromatic rings. The van der Waals surface area contributed by atoms with Crippen LogP contribution in [0.25, 0.3) is 9.88 Å². The Balaban J connectivity index is 1.58. The third-order valence-electron chi connectivity index (χ3n) is 3.55. The maximum absolute atomic E-state index is 12.2. The highest BCUT2D eigenvalue weighted by atomic mass is 32.2. The zero-order valence-corrected chi connectivity index (χ0v) is 15.0. The molecule has 0 unspecified atom stereocenters. The van der Waals surface area contributed by atoms with Crippen LogP contribution in [0.2, 0.25) is 0 Å². The van der Waals surface area contributed by atoms with Crippen LogP contribution in [0, 0.1) is 5.92 Å². The van der Waals surface area contributed by atoms with Crippen molar-refractivity contribution in [2.24, 2.45) is 5.92 Å². The predicted molar refractivity (Wildman–Crippen MR) is 92.9 cm³/mol. The summed E-state index contributed by atoms with van der Waals surface area (Å²) in [7, 11) is -1.39. The summed E-state index contributed by atoms with van der Waals surface area (Å²) in [5.74, 6) is -0.249. The van der Waals surface area contributed by atoms with Gasteiger partial charge in [-0.1, -0.05) is 12.1 Å². The molecule has 1 atom stereocenters. The van der Waals surface area contributed by atoms with Gasteiger partial charge in [0.2, 0.25) is 5.91 Å². The summed E-state index contributed by atoms with van der Waals surface area (Å²) >= 11 is 3.20. The second-order valence-corrected chi connectivity index (χ2v) is 9.23. The van der Waals surface area contributed by atoms with Gasteiger partial charge in [-0.3, -0.25) is 4.79 Å². The minimum Gasteiger partial charge on any atom is -0.340 e. The van der Waals surface area contributed by atoms with E-state index in [1.165, 1.54) is 5.41 Å². The van der Waals surface area contributed by atoms with Gasteiger partial charge >= 0.3 is 0 Å². The Hall–Kier alpha value is -1.51. The average molecular weight is 369 g/mol. The highest BCUT2D eigenvalue weighted by Crippen LogP contribution is 2.28. The smallest absolute Gasteiger partial charge is 0.223 e. The van der Waals surface area contributed by atoms with Crippen LogP contribution < -0.4 is 0 Å². The van der Waals surface area contributed by atoms with Crippen LogP contribution in [-0.4, -0.2) is 37.0 Å². The number of allylic oxidation sites excluding steroid dienone is 1. The van der Waals surface area contributed by atoms with E-state index in [0.717, 1.165) is 15.6 Å². The summed E-state index contributed by atoms with van der Waals surface area (Å²) in [6.07, 6.45) is 1.83. The average Bonchev–Trinajstić information content (AvgIpc) is 3.19. The Morgan fingerprint density at radius 1 is 1.43 bits per heavy atom. The molecular weight excluding hydrogens is 352 g/mol. The SMILES string of the molecule is CN(Cc1csc(-c2cccs2)n1)C(=O)C[C@H]1C=CS(=O)(=O)C1. The largest absolute Gasteiger partial charge is 0.340 e. The van der Waals surface area contributed by atoms with Crippen LogP contribution in [0.15, 0.2) is 34.4 Å². The molecule has 122 valence electrons. The summed E-state index contributed by atoms with van der Waals surface area (Å²) in [6.45, 7) is 0.434. The van der Waals surface area contributed by atoms with Crippen molar-refractivity contribution in [3.8, 4) is 9.88 Å². The van der Waals surface area contributed by atoms with E-state index in [4.69, 9.17) is 0 Å². The van der Waals surface area contributed by atoms with Crippen molar-refractivity contribution in [2.45, 2.75) is 13.0 Å². The zero-order chi connectivity index (χ0) is 16.4. The van der Waals surface area contributed by atoms with Crippen molar-refractivity contribution in [3.05, 3.63) is 40.1 Å². The Bertz CT molecular complexity index is 822. The fraction of sp³-hybridized carbons (Fsp3) is 0.333. The van der Waals surface area contributed by atoms with E-state index in [-0.39, 0.29) is 24.0 Å². The van der Waals surface area contributed by atoms with Crippen molar-refractivity contribution in [1.29, 1.82) is 0 Å². The number of aromatic nitrogens is 1. The number of rotatable bonds is 5. The standard InChI is InChI=1S/C15H16N2O3S3/c1-17(14(18)7-11-4-6-23(19,20)10-11)8-12-9-22-15(16-12)13-3-2-5-21-13/h2-6,9,11H,7-8,10H2,1H3/t11-/m1/s1. The monoisotopic (exact) mass is 368 g/mol. The fourth-order valence-electron chi connectivity index (χ4n) is 2.37. The third kappa shape index (κ3) is 4.07. The molecule has 1 aliphatic heterocycles. The topological polar surface area (TPSA) is 67.3 Å². The zero-order valence-electron chi connectivity index (χ0n) is 12.5. The molecule has 0 saturated carbocycles. The second kappa shape index (κ2) is 6.54. The van der Waals surface area contributed by atoms with Crippen molar-refractivity contribution in [3.63, 3.8) is 0 Å². The lowest BCUT2D eigenvalue weighted by Gasteiger charge is -2.17. The van der Waals surface area contributed by atoms with E-state index >= 15 is 0 Å². The molecule has 5 nitrogen and oxygen atoms in total. The molecule has 0 radical (unpaired) electrons. The number of thiophene rings is 1. The normalized spacial score (nSPS) is 19.1. The summed E-state index contributed by atoms with van der Waals surface area (Å²) < 4.78 is 22.8. The number of carbonyl (C=O) groups excluding carboxylic acids is 1. The van der Waals surface area contributed by atoms with Crippen molar-refractivity contribution in [2.75, 3.05) is 12.8 Å². The van der Waals surface area contributed by atoms with E-state index in [1.54, 1.807) is 40.7 Å². The molecule has 0 bridgehead atoms. The molecule has 0 saturated heterocycles. The summed E-state index contributed by atoms with van der Waals surface area (Å²) in [5.41, 5.74) is 0.851. The molecule has 0 N–H and O–H groups in total. The molecule has 1 amide bonds. The van der Waals surface area contributed by atoms with Gasteiger partial charge in [0.1, 0.15) is 5.01 Å². The Morgan fingerprint density at radius 3 is 2.91 bits per heavy atom. The minimum absolute atomic E-state index is 0.0335. The van der Waals surface area contributed by atoms with Crippen LogP contribution in [-0.2, 0) is 21.2 Å². The van der Waals surface area contributed by atoms with Crippen LogP contribution >= 0.6 is 22.7 Å². The van der Waals surface area contributed by atoms with E-state index in [1.807, 2.05) is 22.9 Å². The number of carbonyl (C=O) groups is 1. The molecule has 3 rings (SSSR count). The molecule has 2 aromatic heterocycles. The van der Waals surface area contributed by atoms with E-state index in [2.05, 4.69) is 4.98 Å². The third-order valence-corrected chi connectivity index (χ3v) is 6.94. The van der Waals surface area contributed by atoms with Crippen molar-refractivity contribution in [1.82, 2.24) is 9.88 Å². The number of sulfone groups is 1. The number of nitrogens with zero attached hydrogens (tertiary/aromatic N) is 2. The molecule has 23 heavy (non-hydrogen) atoms. The van der Waals surface area contributed by atoms with Crippen LogP contribution in [0.5, 0.6) is 0 Å². The van der Waals surface area contributed by atoms with Gasteiger partial charge in [-0.05, 0) is 11.4 Å². The molecule has 8 heteroatoms. The molecule has 1 aliphatic rings. The van der Waals surface area contributed by atoms with Crippen molar-refractivity contribution < 1.29 is 13.2 Å². The maximum atomic E-state index is 12.2. The van der Waals surface area contributed by atoms with E-state index in [9.17, 15) is 13.2 Å². The molecule has 0 spiro atoms. The Labute approximate surface area is 143 Å². The summed E-state index contributed by atoms with van der Waals surface area (Å²) in [4.78, 5) is 19.5. The van der Waals surface area contributed by atoms with Gasteiger partial charge in [-0.15, -0.1) is 22.7 Å². The first kappa shape index (κ1) is 16.4. The fourth-order valence-corrected chi connectivity index (χ4v) is 5.40. The number of amides is 1. The Kier molecular flexibility index (Phi) is 4.65. The van der Waals surface area contributed by atoms with Crippen molar-refractivity contribution >= 4 is 38.4 Å². The van der Waals surface area contributed by atoms with E-state index in [0.29, 0.717) is 6.54 Å². The number of hydrogen-bond acceptors (Lipinski definition) is 6. The van der Waals surface area contributed by atoms with Gasteiger partial charge in [0, 0.05) is 30.2 Å². The van der Waals surface area contributed by atoms with E-state index < -0.39 is 9.84 Å². The van der Waals surface area contributed by atoms with Crippen LogP contribution in [0.1, 0.15) is 12.1 Å². The first-order chi connectivity index (χ1) is 10.9. The molecular formula is C15H16N2O3S3. The van der Waals surface area contributed by atoms with Crippen LogP contribution in [0.4, 0.5) is 0 Å². The molecule has 3 heterocycles. The number of thiazole rings is 1. The lowest BCUT2D eigenvalue weighted by atomic mass is 10.1. The molecule has 0 aromatic carbocycles. The first-order valence-corrected chi connectivity index (χ1v) is 10.5. The minimum atomic E-state index is -3.11. The quantitative estimate of drug-likeness (QED) is 0.814. The lowest BCUT2D eigenvalue weighted by Crippen LogP contribution is -2.28. The predicted octanol–water partition coefficient (Wildman–Crippen LogP) is 2.78. The highest BCUT2D eigenvalue weighted by Gasteiger charge is 2.25. The van der Waals surface area contributed by atoms with Gasteiger partial charge in [0.15, 0.2) is 9.84 Å². The summed E-state index contributed by atoms with van der Waals surface area (Å²) in [5, 5.41) is 6.13. The maximum Gasteiger partial charge on any atom is 0.223 e. The summed E-state index contributed by atoms with van der Waals surface area (Å²) in [6, 6.07) is 4.01. The number of hydrogen-bond donors (Lipinski definition) is 0. The van der Waals surface area contributed by atoms with Gasteiger partial charge in [0.05, 0.1) is 22.9 Å². The first-order valence-electron chi connectivity index (χ1n) is 7.06. The van der Waals surface area contributed by atoms with Gasteiger partial charge in [-0.25, -0.2) is 13.4 Å². The van der Waals surface area contributed by atoms with Gasteiger partial charge in [0.25, 0.3) is 0 Å². The lowest BCUT2D eigenvalue weighted by molar-refractivity contribution is -0.131. The van der Waals surface area contributed by atoms with Gasteiger partial charge < -0.3 is 4.90 Å². The second-order valence-electron chi connectivity index (χ2n) is 5.49. The van der Waals surface area contributed by atoms with Gasteiger partial charge in [-0.2, -0.15) is 0 Å². The highest BCUT2D eigenvalue weighted by molar-refractivity contribution is 7.94. The van der Waals surface area contributed by atoms with Crippen LogP contribution in [0.3, 0.4) is 0 Å².